The van der Waals surface area contributed by atoms with E-state index in [4.69, 9.17) is 0 Å². The highest BCUT2D eigenvalue weighted by molar-refractivity contribution is 7.13. The van der Waals surface area contributed by atoms with Crippen molar-refractivity contribution in [2.24, 2.45) is 0 Å². The molecule has 0 aromatic carbocycles. The second kappa shape index (κ2) is 6.19. The first-order valence-corrected chi connectivity index (χ1v) is 5.98. The third-order valence-electron chi connectivity index (χ3n) is 1.75. The number of anilines is 1. The lowest BCUT2D eigenvalue weighted by Gasteiger charge is -2.08. The molecule has 1 aromatic rings. The Morgan fingerprint density at radius 3 is 2.82 bits per heavy atom. The predicted molar refractivity (Wildman–Crippen MR) is 65.2 cm³/mol. The minimum absolute atomic E-state index is 0.103. The fraction of sp³-hybridized carbons (Fsp3) is 0.500. The van der Waals surface area contributed by atoms with Gasteiger partial charge in [-0.05, 0) is 13.8 Å². The van der Waals surface area contributed by atoms with Crippen LogP contribution in [0.2, 0.25) is 0 Å². The van der Waals surface area contributed by atoms with Gasteiger partial charge in [0.25, 0.3) is 0 Å². The zero-order valence-corrected chi connectivity index (χ0v) is 10.8. The highest BCUT2D eigenvalue weighted by Gasteiger charge is 2.11. The lowest BCUT2D eigenvalue weighted by molar-refractivity contribution is -0.119. The van der Waals surface area contributed by atoms with Crippen molar-refractivity contribution in [1.82, 2.24) is 10.3 Å². The molecule has 6 nitrogen and oxygen atoms in total. The molecule has 0 bridgehead atoms. The Hall–Kier alpha value is -1.63. The summed E-state index contributed by atoms with van der Waals surface area (Å²) in [4.78, 5) is 26.4. The summed E-state index contributed by atoms with van der Waals surface area (Å²) in [5, 5.41) is 7.67. The number of esters is 1. The smallest absolute Gasteiger partial charge is 0.357 e. The number of rotatable bonds is 5. The Bertz CT molecular complexity index is 403. The minimum atomic E-state index is -0.485. The van der Waals surface area contributed by atoms with Gasteiger partial charge in [-0.1, -0.05) is 0 Å². The summed E-state index contributed by atoms with van der Waals surface area (Å²) >= 11 is 1.25. The maximum absolute atomic E-state index is 11.3. The molecule has 0 aliphatic rings. The molecule has 7 heteroatoms. The molecule has 1 aromatic heterocycles. The number of nitrogens with one attached hydrogen (secondary N) is 2. The molecule has 0 unspecified atom stereocenters. The molecule has 0 spiro atoms. The van der Waals surface area contributed by atoms with E-state index in [0.717, 1.165) is 0 Å². The number of thiazole rings is 1. The molecular weight excluding hydrogens is 242 g/mol. The summed E-state index contributed by atoms with van der Waals surface area (Å²) in [6, 6.07) is 0.103. The zero-order valence-electron chi connectivity index (χ0n) is 9.94. The lowest BCUT2D eigenvalue weighted by atomic mass is 10.4. The third-order valence-corrected chi connectivity index (χ3v) is 2.55. The molecule has 0 aliphatic carbocycles. The van der Waals surface area contributed by atoms with E-state index in [-0.39, 0.29) is 24.2 Å². The topological polar surface area (TPSA) is 80.3 Å². The second-order valence-electron chi connectivity index (χ2n) is 3.61. The van der Waals surface area contributed by atoms with Gasteiger partial charge in [0.05, 0.1) is 13.7 Å². The first-order valence-electron chi connectivity index (χ1n) is 5.10. The second-order valence-corrected chi connectivity index (χ2v) is 4.46. The summed E-state index contributed by atoms with van der Waals surface area (Å²) < 4.78 is 4.53. The van der Waals surface area contributed by atoms with E-state index in [1.54, 1.807) is 5.38 Å². The maximum Gasteiger partial charge on any atom is 0.357 e. The van der Waals surface area contributed by atoms with E-state index in [1.165, 1.54) is 18.4 Å². The van der Waals surface area contributed by atoms with Crippen molar-refractivity contribution in [3.63, 3.8) is 0 Å². The van der Waals surface area contributed by atoms with E-state index < -0.39 is 5.97 Å². The molecule has 0 saturated carbocycles. The molecule has 0 aliphatic heterocycles. The summed E-state index contributed by atoms with van der Waals surface area (Å²) in [6.07, 6.45) is 0. The summed E-state index contributed by atoms with van der Waals surface area (Å²) in [7, 11) is 1.30. The van der Waals surface area contributed by atoms with Gasteiger partial charge in [0.2, 0.25) is 5.91 Å². The van der Waals surface area contributed by atoms with Crippen LogP contribution in [-0.4, -0.2) is 36.6 Å². The van der Waals surface area contributed by atoms with Gasteiger partial charge in [-0.3, -0.25) is 4.79 Å². The normalized spacial score (nSPS) is 10.1. The van der Waals surface area contributed by atoms with E-state index in [9.17, 15) is 9.59 Å². The van der Waals surface area contributed by atoms with Gasteiger partial charge < -0.3 is 15.4 Å². The Morgan fingerprint density at radius 1 is 1.53 bits per heavy atom. The van der Waals surface area contributed by atoms with E-state index in [2.05, 4.69) is 20.4 Å². The quantitative estimate of drug-likeness (QED) is 0.765. The first-order chi connectivity index (χ1) is 8.02. The Labute approximate surface area is 103 Å². The number of carbonyl (C=O) groups is 2. The van der Waals surface area contributed by atoms with Gasteiger partial charge in [-0.25, -0.2) is 9.78 Å². The summed E-state index contributed by atoms with van der Waals surface area (Å²) in [6.45, 7) is 3.90. The monoisotopic (exact) mass is 257 g/mol. The molecule has 94 valence electrons. The maximum atomic E-state index is 11.3. The number of amides is 1. The SMILES string of the molecule is COC(=O)c1csc(NCC(=O)NC(C)C)n1. The van der Waals surface area contributed by atoms with Gasteiger partial charge in [-0.2, -0.15) is 0 Å². The van der Waals surface area contributed by atoms with Crippen LogP contribution in [0.4, 0.5) is 5.13 Å². The van der Waals surface area contributed by atoms with Crippen LogP contribution in [-0.2, 0) is 9.53 Å². The molecule has 1 heterocycles. The van der Waals surface area contributed by atoms with Gasteiger partial charge in [0.1, 0.15) is 0 Å². The van der Waals surface area contributed by atoms with Crippen molar-refractivity contribution in [3.05, 3.63) is 11.1 Å². The standard InChI is InChI=1S/C10H15N3O3S/c1-6(2)12-8(14)4-11-10-13-7(5-17-10)9(15)16-3/h5-6H,4H2,1-3H3,(H,11,13)(H,12,14). The molecular formula is C10H15N3O3S. The molecule has 2 N–H and O–H groups in total. The zero-order chi connectivity index (χ0) is 12.8. The number of hydrogen-bond donors (Lipinski definition) is 2. The van der Waals surface area contributed by atoms with Crippen molar-refractivity contribution in [3.8, 4) is 0 Å². The van der Waals surface area contributed by atoms with Crippen molar-refractivity contribution < 1.29 is 14.3 Å². The number of nitrogens with zero attached hydrogens (tertiary/aromatic N) is 1. The first kappa shape index (κ1) is 13.4. The predicted octanol–water partition coefficient (Wildman–Crippen LogP) is 0.866. The number of aromatic nitrogens is 1. The fourth-order valence-corrected chi connectivity index (χ4v) is 1.76. The molecule has 0 fully saturated rings. The number of ether oxygens (including phenoxy) is 1. The van der Waals surface area contributed by atoms with Crippen LogP contribution in [0.1, 0.15) is 24.3 Å². The van der Waals surface area contributed by atoms with E-state index >= 15 is 0 Å². The lowest BCUT2D eigenvalue weighted by Crippen LogP contribution is -2.34. The fourth-order valence-electron chi connectivity index (χ4n) is 1.08. The van der Waals surface area contributed by atoms with Crippen LogP contribution in [0.3, 0.4) is 0 Å². The largest absolute Gasteiger partial charge is 0.464 e. The van der Waals surface area contributed by atoms with Crippen molar-refractivity contribution in [2.45, 2.75) is 19.9 Å². The number of carbonyl (C=O) groups excluding carboxylic acids is 2. The third kappa shape index (κ3) is 4.39. The Morgan fingerprint density at radius 2 is 2.24 bits per heavy atom. The van der Waals surface area contributed by atoms with Crippen molar-refractivity contribution in [2.75, 3.05) is 19.0 Å². The summed E-state index contributed by atoms with van der Waals surface area (Å²) in [5.74, 6) is -0.601. The van der Waals surface area contributed by atoms with Crippen molar-refractivity contribution in [1.29, 1.82) is 0 Å². The minimum Gasteiger partial charge on any atom is -0.464 e. The molecule has 0 saturated heterocycles. The Balaban J connectivity index is 2.45. The molecule has 17 heavy (non-hydrogen) atoms. The van der Waals surface area contributed by atoms with Gasteiger partial charge in [0.15, 0.2) is 10.8 Å². The van der Waals surface area contributed by atoms with Gasteiger partial charge in [-0.15, -0.1) is 11.3 Å². The molecule has 1 rings (SSSR count). The average Bonchev–Trinajstić information content (AvgIpc) is 2.73. The van der Waals surface area contributed by atoms with Crippen LogP contribution in [0.15, 0.2) is 5.38 Å². The van der Waals surface area contributed by atoms with E-state index in [0.29, 0.717) is 5.13 Å². The van der Waals surface area contributed by atoms with Crippen LogP contribution in [0, 0.1) is 0 Å². The highest BCUT2D eigenvalue weighted by Crippen LogP contribution is 2.15. The van der Waals surface area contributed by atoms with E-state index in [1.807, 2.05) is 13.8 Å². The van der Waals surface area contributed by atoms with Crippen molar-refractivity contribution >= 4 is 28.3 Å². The van der Waals surface area contributed by atoms with Crippen LogP contribution in [0.25, 0.3) is 0 Å². The van der Waals surface area contributed by atoms with Gasteiger partial charge >= 0.3 is 5.97 Å². The van der Waals surface area contributed by atoms with Crippen LogP contribution < -0.4 is 10.6 Å². The van der Waals surface area contributed by atoms with Crippen LogP contribution >= 0.6 is 11.3 Å². The number of hydrogen-bond acceptors (Lipinski definition) is 6. The number of methoxy groups -OCH3 is 1. The van der Waals surface area contributed by atoms with Crippen LogP contribution in [0.5, 0.6) is 0 Å². The highest BCUT2D eigenvalue weighted by atomic mass is 32.1. The molecule has 0 radical (unpaired) electrons. The van der Waals surface area contributed by atoms with Gasteiger partial charge in [0, 0.05) is 11.4 Å². The molecule has 1 amide bonds. The summed E-state index contributed by atoms with van der Waals surface area (Å²) in [5.41, 5.74) is 0.240. The molecule has 0 atom stereocenters. The Kier molecular flexibility index (Phi) is 4.89. The average molecular weight is 257 g/mol.